The van der Waals surface area contributed by atoms with Crippen LogP contribution in [0.5, 0.6) is 5.75 Å². The molecule has 0 amide bonds. The smallest absolute Gasteiger partial charge is 0.124 e. The minimum absolute atomic E-state index is 0.172. The van der Waals surface area contributed by atoms with E-state index < -0.39 is 0 Å². The highest BCUT2D eigenvalue weighted by Gasteiger charge is 2.20. The zero-order valence-electron chi connectivity index (χ0n) is 11.9. The number of benzene rings is 2. The molecule has 2 aromatic rings. The quantitative estimate of drug-likeness (QED) is 0.896. The molecule has 0 radical (unpaired) electrons. The van der Waals surface area contributed by atoms with Gasteiger partial charge in [0.25, 0.3) is 0 Å². The van der Waals surface area contributed by atoms with E-state index in [1.54, 1.807) is 7.11 Å². The summed E-state index contributed by atoms with van der Waals surface area (Å²) in [5.74, 6) is 0.912. The van der Waals surface area contributed by atoms with Gasteiger partial charge in [-0.2, -0.15) is 0 Å². The molecule has 0 aliphatic rings. The van der Waals surface area contributed by atoms with Crippen molar-refractivity contribution in [2.45, 2.75) is 13.0 Å². The van der Waals surface area contributed by atoms with Gasteiger partial charge < -0.3 is 10.5 Å². The zero-order valence-corrected chi connectivity index (χ0v) is 11.9. The van der Waals surface area contributed by atoms with Crippen LogP contribution < -0.4 is 10.5 Å². The second-order valence-electron chi connectivity index (χ2n) is 4.73. The molecule has 0 aromatic heterocycles. The normalized spacial score (nSPS) is 12.9. The Bertz CT molecular complexity index is 553. The van der Waals surface area contributed by atoms with Gasteiger partial charge in [0.05, 0.1) is 13.2 Å². The maximum atomic E-state index is 6.00. The van der Waals surface area contributed by atoms with E-state index in [-0.39, 0.29) is 6.04 Å². The maximum absolute atomic E-state index is 6.00. The molecule has 3 heteroatoms. The highest BCUT2D eigenvalue weighted by atomic mass is 16.5. The molecule has 0 bridgehead atoms. The zero-order chi connectivity index (χ0) is 13.8. The van der Waals surface area contributed by atoms with Gasteiger partial charge in [-0.1, -0.05) is 37.3 Å². The second kappa shape index (κ2) is 6.04. The number of ether oxygens (including phenoxy) is 1. The van der Waals surface area contributed by atoms with Crippen LogP contribution in [0.15, 0.2) is 36.4 Å². The van der Waals surface area contributed by atoms with Crippen LogP contribution in [0.1, 0.15) is 18.5 Å². The standard InChI is InChI=1S/C16H22N2O/c1-4-18(2)14(11-17)16-13-8-6-5-7-12(13)9-10-15(16)19-3/h5-10,14H,4,11,17H2,1-3H3. The summed E-state index contributed by atoms with van der Waals surface area (Å²) in [6.07, 6.45) is 0. The number of nitrogens with zero attached hydrogens (tertiary/aromatic N) is 1. The fraction of sp³-hybridized carbons (Fsp3) is 0.375. The van der Waals surface area contributed by atoms with Crippen molar-refractivity contribution >= 4 is 10.8 Å². The molecule has 3 nitrogen and oxygen atoms in total. The van der Waals surface area contributed by atoms with Gasteiger partial charge in [0.2, 0.25) is 0 Å². The van der Waals surface area contributed by atoms with Gasteiger partial charge >= 0.3 is 0 Å². The van der Waals surface area contributed by atoms with Crippen LogP contribution in [0.2, 0.25) is 0 Å². The molecule has 102 valence electrons. The molecule has 2 rings (SSSR count). The third-order valence-corrected chi connectivity index (χ3v) is 3.74. The van der Waals surface area contributed by atoms with Crippen LogP contribution in [0.3, 0.4) is 0 Å². The van der Waals surface area contributed by atoms with Crippen LogP contribution >= 0.6 is 0 Å². The second-order valence-corrected chi connectivity index (χ2v) is 4.73. The summed E-state index contributed by atoms with van der Waals surface area (Å²) < 4.78 is 5.55. The average molecular weight is 258 g/mol. The predicted octanol–water partition coefficient (Wildman–Crippen LogP) is 2.80. The van der Waals surface area contributed by atoms with Gasteiger partial charge in [-0.05, 0) is 30.4 Å². The predicted molar refractivity (Wildman–Crippen MR) is 80.6 cm³/mol. The minimum Gasteiger partial charge on any atom is -0.496 e. The topological polar surface area (TPSA) is 38.5 Å². The summed E-state index contributed by atoms with van der Waals surface area (Å²) in [7, 11) is 3.81. The first-order valence-electron chi connectivity index (χ1n) is 6.68. The van der Waals surface area contributed by atoms with Gasteiger partial charge in [-0.25, -0.2) is 0 Å². The first kappa shape index (κ1) is 13.8. The van der Waals surface area contributed by atoms with Crippen molar-refractivity contribution in [3.05, 3.63) is 42.0 Å². The van der Waals surface area contributed by atoms with Crippen LogP contribution in [0.25, 0.3) is 10.8 Å². The molecule has 1 unspecified atom stereocenters. The van der Waals surface area contributed by atoms with Crippen LogP contribution in [-0.4, -0.2) is 32.1 Å². The lowest BCUT2D eigenvalue weighted by Gasteiger charge is -2.28. The number of hydrogen-bond donors (Lipinski definition) is 1. The van der Waals surface area contributed by atoms with E-state index in [0.717, 1.165) is 12.3 Å². The molecule has 0 aliphatic carbocycles. The Balaban J connectivity index is 2.66. The molecule has 0 saturated carbocycles. The first-order valence-corrected chi connectivity index (χ1v) is 6.68. The van der Waals surface area contributed by atoms with Crippen molar-refractivity contribution in [2.24, 2.45) is 5.73 Å². The molecule has 19 heavy (non-hydrogen) atoms. The Labute approximate surface area is 115 Å². The Hall–Kier alpha value is -1.58. The van der Waals surface area contributed by atoms with Gasteiger partial charge in [0, 0.05) is 12.1 Å². The Morgan fingerprint density at radius 1 is 1.21 bits per heavy atom. The van der Waals surface area contributed by atoms with E-state index in [1.165, 1.54) is 16.3 Å². The van der Waals surface area contributed by atoms with E-state index in [2.05, 4.69) is 49.2 Å². The molecule has 0 fully saturated rings. The lowest BCUT2D eigenvalue weighted by Crippen LogP contribution is -2.30. The molecular formula is C16H22N2O. The van der Waals surface area contributed by atoms with Gasteiger partial charge in [0.1, 0.15) is 5.75 Å². The fourth-order valence-electron chi connectivity index (χ4n) is 2.54. The number of rotatable bonds is 5. The molecule has 2 aromatic carbocycles. The summed E-state index contributed by atoms with van der Waals surface area (Å²) in [5.41, 5.74) is 7.19. The SMILES string of the molecule is CCN(C)C(CN)c1c(OC)ccc2ccccc12. The number of likely N-dealkylation sites (N-methyl/N-ethyl adjacent to an activating group) is 1. The van der Waals surface area contributed by atoms with Crippen LogP contribution in [0.4, 0.5) is 0 Å². The van der Waals surface area contributed by atoms with E-state index in [4.69, 9.17) is 10.5 Å². The van der Waals surface area contributed by atoms with E-state index >= 15 is 0 Å². The molecule has 2 N–H and O–H groups in total. The van der Waals surface area contributed by atoms with E-state index in [0.29, 0.717) is 6.54 Å². The van der Waals surface area contributed by atoms with Gasteiger partial charge in [-0.3, -0.25) is 4.90 Å². The van der Waals surface area contributed by atoms with Gasteiger partial charge in [-0.15, -0.1) is 0 Å². The average Bonchev–Trinajstić information content (AvgIpc) is 2.47. The molecule has 0 saturated heterocycles. The maximum Gasteiger partial charge on any atom is 0.124 e. The molecule has 0 spiro atoms. The summed E-state index contributed by atoms with van der Waals surface area (Å²) in [5, 5.41) is 2.44. The third-order valence-electron chi connectivity index (χ3n) is 3.74. The van der Waals surface area contributed by atoms with Crippen molar-refractivity contribution in [3.8, 4) is 5.75 Å². The number of fused-ring (bicyclic) bond motifs is 1. The largest absolute Gasteiger partial charge is 0.496 e. The molecular weight excluding hydrogens is 236 g/mol. The van der Waals surface area contributed by atoms with Crippen molar-refractivity contribution in [1.29, 1.82) is 0 Å². The lowest BCUT2D eigenvalue weighted by molar-refractivity contribution is 0.258. The van der Waals surface area contributed by atoms with E-state index in [1.807, 2.05) is 6.07 Å². The molecule has 1 atom stereocenters. The van der Waals surface area contributed by atoms with Crippen molar-refractivity contribution in [3.63, 3.8) is 0 Å². The summed E-state index contributed by atoms with van der Waals surface area (Å²) in [6, 6.07) is 12.7. The lowest BCUT2D eigenvalue weighted by atomic mass is 9.96. The molecule has 0 aliphatic heterocycles. The van der Waals surface area contributed by atoms with E-state index in [9.17, 15) is 0 Å². The van der Waals surface area contributed by atoms with Crippen LogP contribution in [-0.2, 0) is 0 Å². The summed E-state index contributed by atoms with van der Waals surface area (Å²) in [4.78, 5) is 2.25. The Kier molecular flexibility index (Phi) is 4.40. The summed E-state index contributed by atoms with van der Waals surface area (Å²) >= 11 is 0. The first-order chi connectivity index (χ1) is 9.22. The number of nitrogens with two attached hydrogens (primary N) is 1. The number of hydrogen-bond acceptors (Lipinski definition) is 3. The number of methoxy groups -OCH3 is 1. The van der Waals surface area contributed by atoms with Crippen molar-refractivity contribution in [1.82, 2.24) is 4.90 Å². The molecule has 0 heterocycles. The van der Waals surface area contributed by atoms with Gasteiger partial charge in [0.15, 0.2) is 0 Å². The summed E-state index contributed by atoms with van der Waals surface area (Å²) in [6.45, 7) is 3.67. The monoisotopic (exact) mass is 258 g/mol. The highest BCUT2D eigenvalue weighted by Crippen LogP contribution is 2.34. The third kappa shape index (κ3) is 2.57. The fourth-order valence-corrected chi connectivity index (χ4v) is 2.54. The Morgan fingerprint density at radius 3 is 2.58 bits per heavy atom. The van der Waals surface area contributed by atoms with Crippen molar-refractivity contribution < 1.29 is 4.74 Å². The Morgan fingerprint density at radius 2 is 1.95 bits per heavy atom. The minimum atomic E-state index is 0.172. The van der Waals surface area contributed by atoms with Crippen molar-refractivity contribution in [2.75, 3.05) is 27.2 Å². The van der Waals surface area contributed by atoms with Crippen LogP contribution in [0, 0.1) is 0 Å². The highest BCUT2D eigenvalue weighted by molar-refractivity contribution is 5.88.